The number of benzene rings is 6. The fourth-order valence-corrected chi connectivity index (χ4v) is 4.38. The Balaban J connectivity index is 0.000000399. The fraction of sp³-hybridized carbons (Fsp3) is 0. The number of hydrogen-bond donors (Lipinski definition) is 2. The van der Waals surface area contributed by atoms with E-state index in [2.05, 4.69) is 41.6 Å². The van der Waals surface area contributed by atoms with Gasteiger partial charge in [-0.3, -0.25) is 19.9 Å². The Kier molecular flexibility index (Phi) is 36.3. The Morgan fingerprint density at radius 2 is 0.441 bits per heavy atom. The van der Waals surface area contributed by atoms with Crippen LogP contribution in [0.3, 0.4) is 0 Å². The van der Waals surface area contributed by atoms with E-state index in [1.54, 1.807) is 73.8 Å². The van der Waals surface area contributed by atoms with Crippen LogP contribution in [0.15, 0.2) is 304 Å². The smallest absolute Gasteiger partial charge is 0.872 e. The van der Waals surface area contributed by atoms with E-state index >= 15 is 0 Å². The molecule has 4 heterocycles. The molecule has 68 heavy (non-hydrogen) atoms. The third-order valence-electron chi connectivity index (χ3n) is 7.44. The van der Waals surface area contributed by atoms with E-state index in [0.717, 1.165) is 22.7 Å². The molecule has 6 aromatic carbocycles. The molecular weight excluding hydrogens is 927 g/mol. The van der Waals surface area contributed by atoms with E-state index in [1.807, 2.05) is 206 Å². The maximum atomic E-state index is 10.3. The molecule has 0 spiro atoms. The van der Waals surface area contributed by atoms with Gasteiger partial charge in [-0.25, -0.2) is 0 Å². The molecule has 4 aromatic heterocycles. The second kappa shape index (κ2) is 42.7. The average molecular weight is 979 g/mol. The topological polar surface area (TPSA) is 150 Å². The van der Waals surface area contributed by atoms with Crippen molar-refractivity contribution in [2.24, 2.45) is 0 Å². The van der Waals surface area contributed by atoms with Crippen LogP contribution in [0.4, 0.5) is 22.7 Å². The van der Waals surface area contributed by atoms with Gasteiger partial charge in [0.05, 0.1) is 0 Å². The molecular formula is C56H52Mn2N8O2. The largest absolute Gasteiger partial charge is 2.00 e. The third-order valence-corrected chi connectivity index (χ3v) is 7.44. The minimum atomic E-state index is 0. The molecule has 2 N–H and O–H groups in total. The van der Waals surface area contributed by atoms with Gasteiger partial charge in [0.15, 0.2) is 0 Å². The third kappa shape index (κ3) is 34.2. The molecule has 10 nitrogen and oxygen atoms in total. The summed E-state index contributed by atoms with van der Waals surface area (Å²) >= 11 is 0. The van der Waals surface area contributed by atoms with Crippen molar-refractivity contribution in [3.63, 3.8) is 0 Å². The van der Waals surface area contributed by atoms with E-state index < -0.39 is 0 Å². The predicted octanol–water partition coefficient (Wildman–Crippen LogP) is 13.3. The van der Waals surface area contributed by atoms with Gasteiger partial charge in [-0.05, 0) is 72.8 Å². The number of para-hydroxylation sites is 6. The van der Waals surface area contributed by atoms with Crippen LogP contribution in [0, 0.1) is 0 Å². The monoisotopic (exact) mass is 978 g/mol. The van der Waals surface area contributed by atoms with Crippen molar-refractivity contribution in [1.82, 2.24) is 19.9 Å². The molecule has 0 fully saturated rings. The number of nitrogens with zero attached hydrogens (tertiary/aromatic N) is 6. The molecule has 0 aliphatic heterocycles. The van der Waals surface area contributed by atoms with Gasteiger partial charge in [-0.1, -0.05) is 182 Å². The van der Waals surface area contributed by atoms with Crippen molar-refractivity contribution in [2.45, 2.75) is 0 Å². The Morgan fingerprint density at radius 1 is 0.250 bits per heavy atom. The Labute approximate surface area is 422 Å². The molecule has 12 heteroatoms. The summed E-state index contributed by atoms with van der Waals surface area (Å²) in [6.07, 6.45) is 14.0. The van der Waals surface area contributed by atoms with Crippen molar-refractivity contribution in [1.29, 1.82) is 0 Å². The van der Waals surface area contributed by atoms with Gasteiger partial charge >= 0.3 is 34.1 Å². The molecule has 0 atom stereocenters. The Morgan fingerprint density at radius 3 is 0.603 bits per heavy atom. The summed E-state index contributed by atoms with van der Waals surface area (Å²) in [7, 11) is 0. The number of hydrogen-bond acceptors (Lipinski definition) is 8. The molecule has 0 saturated heterocycles. The van der Waals surface area contributed by atoms with Crippen LogP contribution < -0.4 is 21.1 Å². The minimum Gasteiger partial charge on any atom is -0.872 e. The number of rotatable bonds is 6. The zero-order chi connectivity index (χ0) is 46.5. The average Bonchev–Trinajstić information content (AvgIpc) is 3.42. The molecule has 0 amide bonds. The molecule has 0 bridgehead atoms. The number of pyridine rings is 4. The van der Waals surface area contributed by atoms with Crippen molar-refractivity contribution < 1.29 is 44.4 Å². The van der Waals surface area contributed by atoms with E-state index in [-0.39, 0.29) is 45.6 Å². The molecule has 0 unspecified atom stereocenters. The molecule has 10 aromatic rings. The van der Waals surface area contributed by atoms with Crippen LogP contribution in [0.5, 0.6) is 11.5 Å². The zero-order valence-corrected chi connectivity index (χ0v) is 39.5. The predicted molar refractivity (Wildman–Crippen MR) is 268 cm³/mol. The fourth-order valence-electron chi connectivity index (χ4n) is 4.38. The number of anilines is 2. The summed E-state index contributed by atoms with van der Waals surface area (Å²) in [4.78, 5) is 15.1. The first-order valence-electron chi connectivity index (χ1n) is 20.7. The summed E-state index contributed by atoms with van der Waals surface area (Å²) < 4.78 is 0. The van der Waals surface area contributed by atoms with Crippen LogP contribution in [-0.2, 0) is 34.1 Å². The minimum absolute atomic E-state index is 0. The standard InChI is InChI=1S/2C12H11N2.2C6H6O.4C5H5N.2Mn/c2*1-3-7-11(8-4-1)13-14-12-9-5-2-6-10-12;2*7-6-4-2-1-3-5-6;4*1-2-4-6-5-3-1;;/h2*1-10,13H;2*1-5,7H;4*1-5H;;/q2*-1;;;;;;;2*+2/p-2. The summed E-state index contributed by atoms with van der Waals surface area (Å²) in [6, 6.07) is 78.9. The van der Waals surface area contributed by atoms with Gasteiger partial charge in [-0.2, -0.15) is 0 Å². The summed E-state index contributed by atoms with van der Waals surface area (Å²) in [5, 5.41) is 20.5. The van der Waals surface area contributed by atoms with Crippen LogP contribution in [-0.4, -0.2) is 19.9 Å². The maximum Gasteiger partial charge on any atom is 2.00 e. The molecule has 342 valence electrons. The second-order valence-corrected chi connectivity index (χ2v) is 12.6. The maximum absolute atomic E-state index is 10.3. The number of aromatic nitrogens is 4. The van der Waals surface area contributed by atoms with Gasteiger partial charge in [0.1, 0.15) is 0 Å². The molecule has 10 rings (SSSR count). The van der Waals surface area contributed by atoms with Gasteiger partial charge in [0.25, 0.3) is 0 Å². The van der Waals surface area contributed by atoms with Crippen LogP contribution in [0.1, 0.15) is 0 Å². The van der Waals surface area contributed by atoms with Crippen molar-refractivity contribution >= 4 is 22.7 Å². The van der Waals surface area contributed by atoms with Gasteiger partial charge in [-0.15, -0.1) is 22.9 Å². The second-order valence-electron chi connectivity index (χ2n) is 12.6. The molecule has 0 saturated carbocycles. The Bertz CT molecular complexity index is 2040. The van der Waals surface area contributed by atoms with E-state index in [4.69, 9.17) is 0 Å². The normalized spacial score (nSPS) is 8.47. The van der Waals surface area contributed by atoms with Crippen molar-refractivity contribution in [3.8, 4) is 11.5 Å². The van der Waals surface area contributed by atoms with Gasteiger partial charge < -0.3 is 31.9 Å². The molecule has 2 radical (unpaired) electrons. The first-order chi connectivity index (χ1) is 32.7. The quantitative estimate of drug-likeness (QED) is 0.123. The zero-order valence-electron chi connectivity index (χ0n) is 37.1. The number of nitrogens with one attached hydrogen (secondary N) is 2. The van der Waals surface area contributed by atoms with E-state index in [1.165, 1.54) is 24.3 Å². The van der Waals surface area contributed by atoms with Crippen molar-refractivity contribution in [3.05, 3.63) is 315 Å². The van der Waals surface area contributed by atoms with Crippen LogP contribution >= 0.6 is 0 Å². The van der Waals surface area contributed by atoms with Crippen LogP contribution in [0.2, 0.25) is 0 Å². The van der Waals surface area contributed by atoms with E-state index in [0.29, 0.717) is 0 Å². The van der Waals surface area contributed by atoms with Gasteiger partial charge in [0, 0.05) is 60.9 Å². The molecule has 0 aliphatic carbocycles. The SMILES string of the molecule is [Mn+2].[Mn+2].[O-]c1ccccc1.[O-]c1ccccc1.c1ccc([N-]Nc2ccccc2)cc1.c1ccc([N-]Nc2ccccc2)cc1.c1ccncc1.c1ccncc1.c1ccncc1.c1ccncc1. The summed E-state index contributed by atoms with van der Waals surface area (Å²) in [5.41, 5.74) is 18.3. The summed E-state index contributed by atoms with van der Waals surface area (Å²) in [6.45, 7) is 0. The van der Waals surface area contributed by atoms with Crippen LogP contribution in [0.25, 0.3) is 10.9 Å². The first kappa shape index (κ1) is 57.8. The van der Waals surface area contributed by atoms with E-state index in [9.17, 15) is 10.2 Å². The summed E-state index contributed by atoms with van der Waals surface area (Å²) in [5.74, 6) is 0.144. The van der Waals surface area contributed by atoms with Gasteiger partial charge in [0.2, 0.25) is 0 Å². The Hall–Kier alpha value is -8.24. The molecule has 0 aliphatic rings. The first-order valence-corrected chi connectivity index (χ1v) is 20.7. The van der Waals surface area contributed by atoms with Crippen molar-refractivity contribution in [2.75, 3.05) is 10.9 Å².